The molecule has 1 fully saturated rings. The van der Waals surface area contributed by atoms with Gasteiger partial charge in [0, 0.05) is 11.9 Å². The van der Waals surface area contributed by atoms with Gasteiger partial charge in [-0.3, -0.25) is 9.89 Å². The van der Waals surface area contributed by atoms with Gasteiger partial charge < -0.3 is 9.64 Å². The maximum atomic E-state index is 12.6. The fraction of sp³-hybridized carbons (Fsp3) is 0.500. The van der Waals surface area contributed by atoms with Crippen LogP contribution in [0, 0.1) is 13.8 Å². The van der Waals surface area contributed by atoms with Gasteiger partial charge in [-0.25, -0.2) is 4.98 Å². The lowest BCUT2D eigenvalue weighted by Gasteiger charge is -2.35. The van der Waals surface area contributed by atoms with Crippen molar-refractivity contribution >= 4 is 17.2 Å². The number of thiazole rings is 1. The highest BCUT2D eigenvalue weighted by atomic mass is 32.1. The zero-order valence-corrected chi connectivity index (χ0v) is 12.9. The van der Waals surface area contributed by atoms with Crippen LogP contribution in [-0.4, -0.2) is 45.7 Å². The Morgan fingerprint density at radius 3 is 3.10 bits per heavy atom. The normalized spacial score (nSPS) is 19.0. The van der Waals surface area contributed by atoms with E-state index in [0.717, 1.165) is 22.0 Å². The lowest BCUT2D eigenvalue weighted by molar-refractivity contribution is -0.139. The average molecular weight is 306 g/mol. The highest BCUT2D eigenvalue weighted by molar-refractivity contribution is 7.09. The van der Waals surface area contributed by atoms with Crippen LogP contribution in [0.1, 0.15) is 28.0 Å². The average Bonchev–Trinajstić information content (AvgIpc) is 3.07. The summed E-state index contributed by atoms with van der Waals surface area (Å²) in [4.78, 5) is 18.8. The van der Waals surface area contributed by atoms with Gasteiger partial charge in [0.25, 0.3) is 0 Å². The van der Waals surface area contributed by atoms with E-state index >= 15 is 0 Å². The van der Waals surface area contributed by atoms with E-state index in [-0.39, 0.29) is 11.9 Å². The third-order valence-electron chi connectivity index (χ3n) is 3.65. The molecule has 0 unspecified atom stereocenters. The predicted octanol–water partition coefficient (Wildman–Crippen LogP) is 1.63. The Bertz CT molecular complexity index is 636. The Kier molecular flexibility index (Phi) is 4.03. The third-order valence-corrected chi connectivity index (χ3v) is 4.47. The summed E-state index contributed by atoms with van der Waals surface area (Å²) in [5, 5.41) is 9.97. The van der Waals surface area contributed by atoms with E-state index in [2.05, 4.69) is 15.2 Å². The first-order valence-corrected chi connectivity index (χ1v) is 7.81. The summed E-state index contributed by atoms with van der Waals surface area (Å²) in [6, 6.07) is -0.0894. The second kappa shape index (κ2) is 5.95. The lowest BCUT2D eigenvalue weighted by Crippen LogP contribution is -2.44. The number of aryl methyl sites for hydroxylation is 2. The number of carbonyl (C=O) groups is 1. The number of amides is 1. The van der Waals surface area contributed by atoms with Gasteiger partial charge in [0.2, 0.25) is 5.91 Å². The van der Waals surface area contributed by atoms with E-state index in [1.807, 2.05) is 24.1 Å². The van der Waals surface area contributed by atoms with Crippen molar-refractivity contribution in [2.75, 3.05) is 19.8 Å². The number of rotatable bonds is 3. The number of H-pyrrole nitrogens is 1. The number of aromatic amines is 1. The van der Waals surface area contributed by atoms with Gasteiger partial charge >= 0.3 is 0 Å². The Labute approximate surface area is 127 Å². The number of hydrogen-bond acceptors (Lipinski definition) is 5. The van der Waals surface area contributed by atoms with Crippen LogP contribution in [0.5, 0.6) is 0 Å². The molecule has 0 aromatic carbocycles. The van der Waals surface area contributed by atoms with Gasteiger partial charge in [-0.05, 0) is 19.4 Å². The molecule has 0 spiro atoms. The second-order valence-corrected chi connectivity index (χ2v) is 6.24. The highest BCUT2D eigenvalue weighted by Gasteiger charge is 2.30. The zero-order valence-electron chi connectivity index (χ0n) is 12.1. The molecule has 1 aliphatic heterocycles. The number of aromatic nitrogens is 3. The quantitative estimate of drug-likeness (QED) is 0.935. The molecule has 2 aromatic rings. The fourth-order valence-electron chi connectivity index (χ4n) is 2.58. The van der Waals surface area contributed by atoms with Crippen LogP contribution in [-0.2, 0) is 16.0 Å². The van der Waals surface area contributed by atoms with E-state index < -0.39 is 0 Å². The first kappa shape index (κ1) is 14.2. The van der Waals surface area contributed by atoms with E-state index in [4.69, 9.17) is 4.74 Å². The molecule has 1 saturated heterocycles. The number of hydrogen-bond donors (Lipinski definition) is 1. The standard InChI is InChI=1S/C14H18N4O2S/c1-9-6-15-17-14(9)12-7-20-4-3-18(12)13(19)5-11-8-21-10(2)16-11/h6,8,12H,3-5,7H2,1-2H3,(H,15,17)/t12-/m0/s1. The number of carbonyl (C=O) groups excluding carboxylic acids is 1. The van der Waals surface area contributed by atoms with Crippen LogP contribution in [0.3, 0.4) is 0 Å². The zero-order chi connectivity index (χ0) is 14.8. The molecule has 3 rings (SSSR count). The molecule has 0 bridgehead atoms. The van der Waals surface area contributed by atoms with Crippen molar-refractivity contribution in [3.8, 4) is 0 Å². The minimum absolute atomic E-state index is 0.0857. The van der Waals surface area contributed by atoms with Gasteiger partial charge in [0.05, 0.1) is 48.3 Å². The Hall–Kier alpha value is -1.73. The van der Waals surface area contributed by atoms with E-state index in [9.17, 15) is 4.79 Å². The Morgan fingerprint density at radius 1 is 1.57 bits per heavy atom. The summed E-state index contributed by atoms with van der Waals surface area (Å²) in [7, 11) is 0. The van der Waals surface area contributed by atoms with Crippen LogP contribution >= 0.6 is 11.3 Å². The Balaban J connectivity index is 1.77. The minimum Gasteiger partial charge on any atom is -0.377 e. The maximum Gasteiger partial charge on any atom is 0.229 e. The maximum absolute atomic E-state index is 12.6. The highest BCUT2D eigenvalue weighted by Crippen LogP contribution is 2.25. The van der Waals surface area contributed by atoms with Crippen molar-refractivity contribution in [3.05, 3.63) is 33.5 Å². The molecule has 7 heteroatoms. The molecule has 1 aliphatic rings. The van der Waals surface area contributed by atoms with Crippen LogP contribution in [0.25, 0.3) is 0 Å². The predicted molar refractivity (Wildman–Crippen MR) is 79.2 cm³/mol. The van der Waals surface area contributed by atoms with Gasteiger partial charge in [0.15, 0.2) is 0 Å². The van der Waals surface area contributed by atoms with Gasteiger partial charge in [-0.1, -0.05) is 0 Å². The minimum atomic E-state index is -0.0894. The molecule has 6 nitrogen and oxygen atoms in total. The smallest absolute Gasteiger partial charge is 0.229 e. The van der Waals surface area contributed by atoms with Crippen molar-refractivity contribution < 1.29 is 9.53 Å². The summed E-state index contributed by atoms with van der Waals surface area (Å²) in [5.74, 6) is 0.0857. The van der Waals surface area contributed by atoms with Gasteiger partial charge in [-0.15, -0.1) is 11.3 Å². The van der Waals surface area contributed by atoms with Crippen molar-refractivity contribution in [3.63, 3.8) is 0 Å². The molecule has 0 radical (unpaired) electrons. The third kappa shape index (κ3) is 2.98. The van der Waals surface area contributed by atoms with Crippen LogP contribution in [0.15, 0.2) is 11.6 Å². The lowest BCUT2D eigenvalue weighted by atomic mass is 10.1. The first-order valence-electron chi connectivity index (χ1n) is 6.93. The van der Waals surface area contributed by atoms with Crippen molar-refractivity contribution in [1.29, 1.82) is 0 Å². The summed E-state index contributed by atoms with van der Waals surface area (Å²) in [6.45, 7) is 5.62. The summed E-state index contributed by atoms with van der Waals surface area (Å²) < 4.78 is 5.54. The first-order chi connectivity index (χ1) is 10.1. The van der Waals surface area contributed by atoms with Crippen molar-refractivity contribution in [2.24, 2.45) is 0 Å². The van der Waals surface area contributed by atoms with Crippen LogP contribution < -0.4 is 0 Å². The molecule has 0 saturated carbocycles. The van der Waals surface area contributed by atoms with Crippen LogP contribution in [0.4, 0.5) is 0 Å². The molecule has 2 aromatic heterocycles. The second-order valence-electron chi connectivity index (χ2n) is 5.18. The summed E-state index contributed by atoms with van der Waals surface area (Å²) in [6.07, 6.45) is 2.12. The fourth-order valence-corrected chi connectivity index (χ4v) is 3.19. The summed E-state index contributed by atoms with van der Waals surface area (Å²) in [5.41, 5.74) is 2.85. The molecule has 112 valence electrons. The van der Waals surface area contributed by atoms with E-state index in [1.165, 1.54) is 0 Å². The molecule has 0 aliphatic carbocycles. The number of nitrogens with one attached hydrogen (secondary N) is 1. The molecule has 1 N–H and O–H groups in total. The molecule has 1 atom stereocenters. The molecular weight excluding hydrogens is 288 g/mol. The topological polar surface area (TPSA) is 71.1 Å². The molecule has 21 heavy (non-hydrogen) atoms. The monoisotopic (exact) mass is 306 g/mol. The van der Waals surface area contributed by atoms with Gasteiger partial charge in [-0.2, -0.15) is 5.10 Å². The number of morpholine rings is 1. The SMILES string of the molecule is Cc1nc(CC(=O)N2CCOC[C@H]2c2[nH]ncc2C)cs1. The van der Waals surface area contributed by atoms with Crippen molar-refractivity contribution in [2.45, 2.75) is 26.3 Å². The molecular formula is C14H18N4O2S. The van der Waals surface area contributed by atoms with E-state index in [1.54, 1.807) is 17.5 Å². The largest absolute Gasteiger partial charge is 0.377 e. The van der Waals surface area contributed by atoms with Crippen molar-refractivity contribution in [1.82, 2.24) is 20.1 Å². The Morgan fingerprint density at radius 2 is 2.43 bits per heavy atom. The molecule has 1 amide bonds. The summed E-state index contributed by atoms with van der Waals surface area (Å²) >= 11 is 1.57. The molecule has 3 heterocycles. The van der Waals surface area contributed by atoms with E-state index in [0.29, 0.717) is 26.2 Å². The number of ether oxygens (including phenoxy) is 1. The van der Waals surface area contributed by atoms with Crippen LogP contribution in [0.2, 0.25) is 0 Å². The van der Waals surface area contributed by atoms with Gasteiger partial charge in [0.1, 0.15) is 0 Å². The number of nitrogens with zero attached hydrogens (tertiary/aromatic N) is 3.